The van der Waals surface area contributed by atoms with Gasteiger partial charge in [0.1, 0.15) is 0 Å². The van der Waals surface area contributed by atoms with Gasteiger partial charge >= 0.3 is 0 Å². The summed E-state index contributed by atoms with van der Waals surface area (Å²) in [6.07, 6.45) is 1.87. The maximum atomic E-state index is 6.31. The topological polar surface area (TPSA) is 41.6 Å². The molecule has 0 saturated heterocycles. The Morgan fingerprint density at radius 3 is 1.71 bits per heavy atom. The number of nitrogens with two attached hydrogens (primary N) is 1. The highest BCUT2D eigenvalue weighted by molar-refractivity contribution is 5.95. The Morgan fingerprint density at radius 1 is 0.607 bits per heavy atom. The fourth-order valence-corrected chi connectivity index (χ4v) is 3.18. The predicted octanol–water partition coefficient (Wildman–Crippen LogP) is 6.11. The zero-order chi connectivity index (χ0) is 19.2. The van der Waals surface area contributed by atoms with Crippen molar-refractivity contribution in [1.29, 1.82) is 0 Å². The molecule has 0 aliphatic rings. The number of nitrogens with zero attached hydrogens (tertiary/aromatic N) is 2. The van der Waals surface area contributed by atoms with Gasteiger partial charge < -0.3 is 5.73 Å². The molecule has 0 atom stereocenters. The summed E-state index contributed by atoms with van der Waals surface area (Å²) in [5.41, 5.74) is 12.1. The van der Waals surface area contributed by atoms with Gasteiger partial charge in [-0.3, -0.25) is 0 Å². The van der Waals surface area contributed by atoms with Crippen LogP contribution in [0.4, 0.5) is 17.1 Å². The lowest BCUT2D eigenvalue weighted by atomic mass is 9.98. The molecule has 0 fully saturated rings. The molecule has 0 aliphatic heterocycles. The Labute approximate surface area is 165 Å². The second-order valence-electron chi connectivity index (χ2n) is 6.40. The molecular formula is C25H21N3. The van der Waals surface area contributed by atoms with Gasteiger partial charge in [-0.05, 0) is 35.9 Å². The molecule has 2 N–H and O–H groups in total. The molecule has 0 spiro atoms. The lowest BCUT2D eigenvalue weighted by Crippen LogP contribution is -2.09. The summed E-state index contributed by atoms with van der Waals surface area (Å²) in [7, 11) is 0. The summed E-state index contributed by atoms with van der Waals surface area (Å²) in [5.74, 6) is 0. The van der Waals surface area contributed by atoms with Crippen LogP contribution in [0.25, 0.3) is 11.1 Å². The van der Waals surface area contributed by atoms with E-state index in [-0.39, 0.29) is 0 Å². The van der Waals surface area contributed by atoms with E-state index in [1.165, 1.54) is 0 Å². The van der Waals surface area contributed by atoms with Gasteiger partial charge in [0.25, 0.3) is 0 Å². The van der Waals surface area contributed by atoms with E-state index in [1.54, 1.807) is 0 Å². The van der Waals surface area contributed by atoms with E-state index in [0.717, 1.165) is 33.8 Å². The normalized spacial score (nSPS) is 10.9. The van der Waals surface area contributed by atoms with Gasteiger partial charge in [0.15, 0.2) is 0 Å². The van der Waals surface area contributed by atoms with Gasteiger partial charge in [0, 0.05) is 16.8 Å². The molecule has 4 aromatic carbocycles. The molecule has 0 heterocycles. The summed E-state index contributed by atoms with van der Waals surface area (Å²) in [6, 6.07) is 36.3. The van der Waals surface area contributed by atoms with E-state index in [9.17, 15) is 0 Å². The number of rotatable bonds is 5. The van der Waals surface area contributed by atoms with Gasteiger partial charge in [-0.1, -0.05) is 78.9 Å². The van der Waals surface area contributed by atoms with Crippen LogP contribution in [0, 0.1) is 0 Å². The van der Waals surface area contributed by atoms with Crippen LogP contribution in [0.5, 0.6) is 0 Å². The smallest absolute Gasteiger partial charge is 0.0652 e. The quantitative estimate of drug-likeness (QED) is 0.264. The molecule has 136 valence electrons. The standard InChI is InChI=1S/C25H21N3/c26-24-18-10-13-21(25(24)20-11-4-1-5-12-20)19-27-28(22-14-6-2-7-15-22)23-16-8-3-9-17-23/h1-19H,26H2. The van der Waals surface area contributed by atoms with Crippen molar-refractivity contribution in [1.82, 2.24) is 0 Å². The molecule has 0 radical (unpaired) electrons. The van der Waals surface area contributed by atoms with Gasteiger partial charge in [-0.15, -0.1) is 0 Å². The van der Waals surface area contributed by atoms with Crippen LogP contribution in [-0.2, 0) is 0 Å². The zero-order valence-corrected chi connectivity index (χ0v) is 15.4. The van der Waals surface area contributed by atoms with Gasteiger partial charge in [0.2, 0.25) is 0 Å². The third-order valence-corrected chi connectivity index (χ3v) is 4.51. The SMILES string of the molecule is Nc1cccc(C=NN(c2ccccc2)c2ccccc2)c1-c1ccccc1. The monoisotopic (exact) mass is 363 g/mol. The molecule has 0 aliphatic carbocycles. The average molecular weight is 363 g/mol. The Balaban J connectivity index is 1.78. The van der Waals surface area contributed by atoms with Crippen LogP contribution in [-0.4, -0.2) is 6.21 Å². The van der Waals surface area contributed by atoms with Crippen LogP contribution in [0.15, 0.2) is 114 Å². The third-order valence-electron chi connectivity index (χ3n) is 4.51. The number of benzene rings is 4. The second-order valence-corrected chi connectivity index (χ2v) is 6.40. The Kier molecular flexibility index (Phi) is 5.16. The van der Waals surface area contributed by atoms with E-state index in [1.807, 2.05) is 108 Å². The van der Waals surface area contributed by atoms with E-state index in [4.69, 9.17) is 10.8 Å². The van der Waals surface area contributed by atoms with E-state index in [2.05, 4.69) is 12.1 Å². The molecule has 0 saturated carbocycles. The number of para-hydroxylation sites is 2. The maximum Gasteiger partial charge on any atom is 0.0652 e. The first-order chi connectivity index (χ1) is 13.8. The first-order valence-corrected chi connectivity index (χ1v) is 9.21. The van der Waals surface area contributed by atoms with Crippen molar-refractivity contribution >= 4 is 23.3 Å². The predicted molar refractivity (Wildman–Crippen MR) is 119 cm³/mol. The molecule has 28 heavy (non-hydrogen) atoms. The lowest BCUT2D eigenvalue weighted by molar-refractivity contribution is 1.09. The van der Waals surface area contributed by atoms with Crippen LogP contribution < -0.4 is 10.7 Å². The Bertz CT molecular complexity index is 1020. The molecule has 0 aromatic heterocycles. The number of hydrogen-bond acceptors (Lipinski definition) is 3. The highest BCUT2D eigenvalue weighted by Crippen LogP contribution is 2.30. The van der Waals surface area contributed by atoms with Crippen molar-refractivity contribution < 1.29 is 0 Å². The van der Waals surface area contributed by atoms with Crippen LogP contribution in [0.2, 0.25) is 0 Å². The molecule has 0 amide bonds. The fourth-order valence-electron chi connectivity index (χ4n) is 3.18. The average Bonchev–Trinajstić information content (AvgIpc) is 2.76. The van der Waals surface area contributed by atoms with Crippen molar-refractivity contribution in [3.8, 4) is 11.1 Å². The molecule has 3 heteroatoms. The molecule has 4 rings (SSSR count). The summed E-state index contributed by atoms with van der Waals surface area (Å²) >= 11 is 0. The summed E-state index contributed by atoms with van der Waals surface area (Å²) in [4.78, 5) is 0. The zero-order valence-electron chi connectivity index (χ0n) is 15.4. The van der Waals surface area contributed by atoms with E-state index in [0.29, 0.717) is 0 Å². The van der Waals surface area contributed by atoms with Crippen LogP contribution >= 0.6 is 0 Å². The molecular weight excluding hydrogens is 342 g/mol. The lowest BCUT2D eigenvalue weighted by Gasteiger charge is -2.19. The summed E-state index contributed by atoms with van der Waals surface area (Å²) < 4.78 is 0. The first kappa shape index (κ1) is 17.6. The highest BCUT2D eigenvalue weighted by Gasteiger charge is 2.10. The minimum absolute atomic E-state index is 0.737. The Morgan fingerprint density at radius 2 is 1.14 bits per heavy atom. The number of hydrogen-bond donors (Lipinski definition) is 1. The minimum Gasteiger partial charge on any atom is -0.398 e. The second kappa shape index (κ2) is 8.23. The van der Waals surface area contributed by atoms with Crippen molar-refractivity contribution in [2.24, 2.45) is 5.10 Å². The van der Waals surface area contributed by atoms with E-state index >= 15 is 0 Å². The van der Waals surface area contributed by atoms with E-state index < -0.39 is 0 Å². The summed E-state index contributed by atoms with van der Waals surface area (Å²) in [6.45, 7) is 0. The van der Waals surface area contributed by atoms with Crippen molar-refractivity contribution in [3.05, 3.63) is 115 Å². The highest BCUT2D eigenvalue weighted by atomic mass is 15.5. The third kappa shape index (κ3) is 3.79. The van der Waals surface area contributed by atoms with Gasteiger partial charge in [0.05, 0.1) is 17.6 Å². The molecule has 0 bridgehead atoms. The molecule has 3 nitrogen and oxygen atoms in total. The largest absolute Gasteiger partial charge is 0.398 e. The van der Waals surface area contributed by atoms with Gasteiger partial charge in [-0.25, -0.2) is 5.01 Å². The van der Waals surface area contributed by atoms with Gasteiger partial charge in [-0.2, -0.15) is 5.10 Å². The molecule has 4 aromatic rings. The maximum absolute atomic E-state index is 6.31. The van der Waals surface area contributed by atoms with Crippen molar-refractivity contribution in [3.63, 3.8) is 0 Å². The van der Waals surface area contributed by atoms with Crippen LogP contribution in [0.3, 0.4) is 0 Å². The fraction of sp³-hybridized carbons (Fsp3) is 0. The van der Waals surface area contributed by atoms with Crippen molar-refractivity contribution in [2.45, 2.75) is 0 Å². The first-order valence-electron chi connectivity index (χ1n) is 9.21. The molecule has 0 unspecified atom stereocenters. The number of anilines is 3. The van der Waals surface area contributed by atoms with Crippen LogP contribution in [0.1, 0.15) is 5.56 Å². The number of nitrogen functional groups attached to an aromatic ring is 1. The Hall–Kier alpha value is -3.85. The number of hydrazone groups is 1. The summed E-state index contributed by atoms with van der Waals surface area (Å²) in [5, 5.41) is 6.74. The van der Waals surface area contributed by atoms with Crippen molar-refractivity contribution in [2.75, 3.05) is 10.7 Å². The minimum atomic E-state index is 0.737.